The lowest BCUT2D eigenvalue weighted by Crippen LogP contribution is -2.31. The summed E-state index contributed by atoms with van der Waals surface area (Å²) in [5.41, 5.74) is 1.08. The number of nitrogens with two attached hydrogens (primary N) is 1. The summed E-state index contributed by atoms with van der Waals surface area (Å²) in [5, 5.41) is 0.934. The van der Waals surface area contributed by atoms with Crippen LogP contribution in [0.2, 0.25) is 0 Å². The summed E-state index contributed by atoms with van der Waals surface area (Å²) in [7, 11) is 1.57. The molecule has 4 nitrogen and oxygen atoms in total. The largest absolute Gasteiger partial charge is 0.377 e. The molecule has 0 fully saturated rings. The number of fused-ring (bicyclic) bond motifs is 1. The number of hydrogen-bond acceptors (Lipinski definition) is 3. The quantitative estimate of drug-likeness (QED) is 0.775. The molecule has 16 heavy (non-hydrogen) atoms. The SMILES string of the molecule is COC(C)c1cc2ccccc2n(N)c1=O. The number of nitrogens with zero attached hydrogens (tertiary/aromatic N) is 1. The minimum atomic E-state index is -0.257. The zero-order valence-electron chi connectivity index (χ0n) is 9.31. The van der Waals surface area contributed by atoms with Crippen molar-refractivity contribution in [2.75, 3.05) is 13.0 Å². The first kappa shape index (κ1) is 10.7. The Morgan fingerprint density at radius 3 is 2.75 bits per heavy atom. The Kier molecular flexibility index (Phi) is 2.66. The molecule has 2 aromatic rings. The Labute approximate surface area is 93.2 Å². The lowest BCUT2D eigenvalue weighted by Gasteiger charge is -2.12. The van der Waals surface area contributed by atoms with Crippen molar-refractivity contribution < 1.29 is 4.74 Å². The minimum Gasteiger partial charge on any atom is -0.377 e. The van der Waals surface area contributed by atoms with Gasteiger partial charge in [0, 0.05) is 18.1 Å². The van der Waals surface area contributed by atoms with Crippen molar-refractivity contribution in [3.8, 4) is 0 Å². The molecule has 1 atom stereocenters. The van der Waals surface area contributed by atoms with Crippen LogP contribution in [0.25, 0.3) is 10.9 Å². The molecule has 0 bridgehead atoms. The van der Waals surface area contributed by atoms with E-state index in [1.165, 1.54) is 4.68 Å². The van der Waals surface area contributed by atoms with Gasteiger partial charge in [0.15, 0.2) is 0 Å². The lowest BCUT2D eigenvalue weighted by atomic mass is 10.1. The second-order valence-corrected chi connectivity index (χ2v) is 3.71. The van der Waals surface area contributed by atoms with E-state index in [4.69, 9.17) is 10.6 Å². The molecular weight excluding hydrogens is 204 g/mol. The number of rotatable bonds is 2. The maximum Gasteiger partial charge on any atom is 0.275 e. The topological polar surface area (TPSA) is 57.2 Å². The second-order valence-electron chi connectivity index (χ2n) is 3.71. The molecule has 84 valence electrons. The summed E-state index contributed by atoms with van der Waals surface area (Å²) < 4.78 is 6.32. The van der Waals surface area contributed by atoms with Gasteiger partial charge in [0.05, 0.1) is 11.6 Å². The number of hydrogen-bond donors (Lipinski definition) is 1. The van der Waals surface area contributed by atoms with Gasteiger partial charge in [-0.1, -0.05) is 18.2 Å². The summed E-state index contributed by atoms with van der Waals surface area (Å²) in [5.74, 6) is 5.76. The summed E-state index contributed by atoms with van der Waals surface area (Å²) >= 11 is 0. The fourth-order valence-electron chi connectivity index (χ4n) is 1.72. The van der Waals surface area contributed by atoms with Crippen molar-refractivity contribution >= 4 is 10.9 Å². The predicted molar refractivity (Wildman–Crippen MR) is 63.8 cm³/mol. The molecule has 0 aliphatic carbocycles. The molecule has 1 aromatic carbocycles. The average Bonchev–Trinajstić information content (AvgIpc) is 2.33. The Balaban J connectivity index is 2.79. The molecule has 2 rings (SSSR count). The zero-order chi connectivity index (χ0) is 11.7. The fraction of sp³-hybridized carbons (Fsp3) is 0.250. The molecule has 1 unspecified atom stereocenters. The Morgan fingerprint density at radius 2 is 2.06 bits per heavy atom. The predicted octanol–water partition coefficient (Wildman–Crippen LogP) is 1.42. The van der Waals surface area contributed by atoms with Crippen molar-refractivity contribution in [1.29, 1.82) is 0 Å². The van der Waals surface area contributed by atoms with Gasteiger partial charge in [-0.05, 0) is 19.1 Å². The van der Waals surface area contributed by atoms with Gasteiger partial charge >= 0.3 is 0 Å². The molecule has 0 saturated heterocycles. The molecule has 0 aliphatic rings. The van der Waals surface area contributed by atoms with Crippen LogP contribution in [0.3, 0.4) is 0 Å². The van der Waals surface area contributed by atoms with E-state index >= 15 is 0 Å². The number of para-hydroxylation sites is 1. The van der Waals surface area contributed by atoms with E-state index in [1.807, 2.05) is 37.3 Å². The zero-order valence-corrected chi connectivity index (χ0v) is 9.31. The summed E-state index contributed by atoms with van der Waals surface area (Å²) in [6, 6.07) is 9.33. The van der Waals surface area contributed by atoms with E-state index in [0.717, 1.165) is 10.9 Å². The maximum atomic E-state index is 11.9. The first-order valence-electron chi connectivity index (χ1n) is 5.07. The molecule has 0 saturated carbocycles. The van der Waals surface area contributed by atoms with Crippen LogP contribution in [0.15, 0.2) is 35.1 Å². The lowest BCUT2D eigenvalue weighted by molar-refractivity contribution is 0.118. The van der Waals surface area contributed by atoms with Crippen molar-refractivity contribution in [2.24, 2.45) is 0 Å². The molecule has 1 aromatic heterocycles. The van der Waals surface area contributed by atoms with Gasteiger partial charge in [0.25, 0.3) is 5.56 Å². The normalized spacial score (nSPS) is 12.9. The molecule has 2 N–H and O–H groups in total. The standard InChI is InChI=1S/C12H14N2O2/c1-8(16-2)10-7-9-5-3-4-6-11(9)14(13)12(10)15/h3-8H,13H2,1-2H3. The van der Waals surface area contributed by atoms with Gasteiger partial charge in [-0.3, -0.25) is 4.79 Å². The molecule has 0 amide bonds. The van der Waals surface area contributed by atoms with Crippen LogP contribution in [-0.4, -0.2) is 11.8 Å². The Bertz CT molecular complexity index is 575. The minimum absolute atomic E-state index is 0.215. The third-order valence-electron chi connectivity index (χ3n) is 2.76. The first-order valence-corrected chi connectivity index (χ1v) is 5.07. The monoisotopic (exact) mass is 218 g/mol. The molecular formula is C12H14N2O2. The number of pyridine rings is 1. The smallest absolute Gasteiger partial charge is 0.275 e. The van der Waals surface area contributed by atoms with Gasteiger partial charge in [-0.25, -0.2) is 4.68 Å². The number of ether oxygens (including phenoxy) is 1. The Morgan fingerprint density at radius 1 is 1.38 bits per heavy atom. The highest BCUT2D eigenvalue weighted by molar-refractivity contribution is 5.79. The van der Waals surface area contributed by atoms with Crippen molar-refractivity contribution in [1.82, 2.24) is 4.68 Å². The third kappa shape index (κ3) is 1.57. The Hall–Kier alpha value is -1.81. The number of methoxy groups -OCH3 is 1. The van der Waals surface area contributed by atoms with Crippen LogP contribution in [0, 0.1) is 0 Å². The molecule has 0 spiro atoms. The van der Waals surface area contributed by atoms with Crippen LogP contribution in [-0.2, 0) is 4.74 Å². The van der Waals surface area contributed by atoms with Crippen molar-refractivity contribution in [3.05, 3.63) is 46.2 Å². The highest BCUT2D eigenvalue weighted by atomic mass is 16.5. The van der Waals surface area contributed by atoms with E-state index in [1.54, 1.807) is 7.11 Å². The van der Waals surface area contributed by atoms with Crippen LogP contribution >= 0.6 is 0 Å². The highest BCUT2D eigenvalue weighted by Crippen LogP contribution is 2.17. The van der Waals surface area contributed by atoms with Crippen LogP contribution < -0.4 is 11.4 Å². The fourth-order valence-corrected chi connectivity index (χ4v) is 1.72. The van der Waals surface area contributed by atoms with E-state index < -0.39 is 0 Å². The van der Waals surface area contributed by atoms with Gasteiger partial charge < -0.3 is 10.6 Å². The first-order chi connectivity index (χ1) is 7.65. The summed E-state index contributed by atoms with van der Waals surface area (Å²) in [4.78, 5) is 11.9. The third-order valence-corrected chi connectivity index (χ3v) is 2.76. The van der Waals surface area contributed by atoms with Crippen molar-refractivity contribution in [3.63, 3.8) is 0 Å². The average molecular weight is 218 g/mol. The number of benzene rings is 1. The summed E-state index contributed by atoms with van der Waals surface area (Å²) in [6.45, 7) is 1.82. The molecule has 1 heterocycles. The number of aromatic nitrogens is 1. The van der Waals surface area contributed by atoms with Gasteiger partial charge in [0.1, 0.15) is 0 Å². The number of nitrogen functional groups attached to an aromatic ring is 1. The van der Waals surface area contributed by atoms with E-state index in [9.17, 15) is 4.79 Å². The summed E-state index contributed by atoms with van der Waals surface area (Å²) in [6.07, 6.45) is -0.257. The molecule has 0 aliphatic heterocycles. The van der Waals surface area contributed by atoms with Crippen LogP contribution in [0.4, 0.5) is 0 Å². The maximum absolute atomic E-state index is 11.9. The van der Waals surface area contributed by atoms with Gasteiger partial charge in [-0.15, -0.1) is 0 Å². The van der Waals surface area contributed by atoms with Crippen LogP contribution in [0.5, 0.6) is 0 Å². The molecule has 4 heteroatoms. The van der Waals surface area contributed by atoms with Gasteiger partial charge in [-0.2, -0.15) is 0 Å². The van der Waals surface area contributed by atoms with Crippen molar-refractivity contribution in [2.45, 2.75) is 13.0 Å². The molecule has 0 radical (unpaired) electrons. The van der Waals surface area contributed by atoms with Gasteiger partial charge in [0.2, 0.25) is 0 Å². The van der Waals surface area contributed by atoms with Crippen LogP contribution in [0.1, 0.15) is 18.6 Å². The van der Waals surface area contributed by atoms with E-state index in [-0.39, 0.29) is 11.7 Å². The second kappa shape index (κ2) is 3.98. The van der Waals surface area contributed by atoms with E-state index in [0.29, 0.717) is 5.56 Å². The van der Waals surface area contributed by atoms with E-state index in [2.05, 4.69) is 0 Å². The highest BCUT2D eigenvalue weighted by Gasteiger charge is 2.12.